The summed E-state index contributed by atoms with van der Waals surface area (Å²) in [5.41, 5.74) is 0.798. The number of rotatable bonds is 6. The summed E-state index contributed by atoms with van der Waals surface area (Å²) < 4.78 is 5.26. The molecule has 0 aliphatic heterocycles. The van der Waals surface area contributed by atoms with Crippen molar-refractivity contribution in [2.75, 3.05) is 12.4 Å². The van der Waals surface area contributed by atoms with Crippen LogP contribution in [-0.2, 0) is 6.42 Å². The molecule has 0 aliphatic carbocycles. The Morgan fingerprint density at radius 3 is 2.82 bits per heavy atom. The highest BCUT2D eigenvalue weighted by atomic mass is 35.5. The van der Waals surface area contributed by atoms with Gasteiger partial charge in [-0.25, -0.2) is 9.78 Å². The number of carboxylic acids is 1. The van der Waals surface area contributed by atoms with Crippen molar-refractivity contribution in [1.29, 1.82) is 0 Å². The Morgan fingerprint density at radius 2 is 2.18 bits per heavy atom. The Bertz CT molecular complexity index is 694. The van der Waals surface area contributed by atoms with Gasteiger partial charge in [0, 0.05) is 6.07 Å². The van der Waals surface area contributed by atoms with Crippen LogP contribution >= 0.6 is 11.6 Å². The van der Waals surface area contributed by atoms with E-state index in [-0.39, 0.29) is 16.5 Å². The molecule has 0 radical (unpaired) electrons. The van der Waals surface area contributed by atoms with Crippen LogP contribution in [0.5, 0.6) is 5.75 Å². The first kappa shape index (κ1) is 16.0. The van der Waals surface area contributed by atoms with Crippen LogP contribution < -0.4 is 10.1 Å². The average molecular weight is 323 g/mol. The lowest BCUT2D eigenvalue weighted by molar-refractivity contribution is 0.0690. The van der Waals surface area contributed by atoms with E-state index in [0.717, 1.165) is 18.5 Å². The van der Waals surface area contributed by atoms with E-state index in [2.05, 4.69) is 20.5 Å². The van der Waals surface area contributed by atoms with Gasteiger partial charge in [0.15, 0.2) is 10.8 Å². The Labute approximate surface area is 132 Å². The summed E-state index contributed by atoms with van der Waals surface area (Å²) in [5, 5.41) is 19.2. The summed E-state index contributed by atoms with van der Waals surface area (Å²) in [7, 11) is 1.58. The van der Waals surface area contributed by atoms with Crippen molar-refractivity contribution in [1.82, 2.24) is 15.2 Å². The molecule has 7 nitrogen and oxygen atoms in total. The number of nitrogens with zero attached hydrogens (tertiary/aromatic N) is 3. The molecule has 2 aromatic rings. The molecule has 8 heteroatoms. The second-order valence-electron chi connectivity index (χ2n) is 4.45. The zero-order chi connectivity index (χ0) is 16.1. The second kappa shape index (κ2) is 7.04. The molecule has 0 fully saturated rings. The van der Waals surface area contributed by atoms with Gasteiger partial charge in [-0.15, -0.1) is 10.2 Å². The highest BCUT2D eigenvalue weighted by Crippen LogP contribution is 2.24. The predicted molar refractivity (Wildman–Crippen MR) is 82.1 cm³/mol. The van der Waals surface area contributed by atoms with Crippen LogP contribution in [0.2, 0.25) is 5.15 Å². The summed E-state index contributed by atoms with van der Waals surface area (Å²) >= 11 is 5.77. The van der Waals surface area contributed by atoms with E-state index < -0.39 is 5.97 Å². The van der Waals surface area contributed by atoms with E-state index in [1.54, 1.807) is 19.2 Å². The third-order valence-corrected chi connectivity index (χ3v) is 3.05. The lowest BCUT2D eigenvalue weighted by Crippen LogP contribution is -2.08. The topological polar surface area (TPSA) is 97.2 Å². The molecular weight excluding hydrogens is 308 g/mol. The number of ether oxygens (including phenoxy) is 1. The van der Waals surface area contributed by atoms with Gasteiger partial charge >= 0.3 is 5.97 Å². The van der Waals surface area contributed by atoms with Crippen LogP contribution in [0.4, 0.5) is 11.5 Å². The number of hydrogen-bond donors (Lipinski definition) is 2. The Balaban J connectivity index is 2.36. The number of anilines is 2. The largest absolute Gasteiger partial charge is 0.495 e. The molecule has 2 N–H and O–H groups in total. The molecule has 0 unspecified atom stereocenters. The van der Waals surface area contributed by atoms with Crippen LogP contribution in [0.1, 0.15) is 29.5 Å². The second-order valence-corrected chi connectivity index (χ2v) is 4.84. The molecule has 0 amide bonds. The van der Waals surface area contributed by atoms with E-state index in [9.17, 15) is 4.79 Å². The molecule has 0 atom stereocenters. The van der Waals surface area contributed by atoms with Gasteiger partial charge in [-0.05, 0) is 18.6 Å². The first-order chi connectivity index (χ1) is 10.5. The van der Waals surface area contributed by atoms with Gasteiger partial charge in [0.25, 0.3) is 0 Å². The van der Waals surface area contributed by atoms with Crippen molar-refractivity contribution in [3.05, 3.63) is 34.7 Å². The first-order valence-electron chi connectivity index (χ1n) is 6.62. The molecule has 0 bridgehead atoms. The van der Waals surface area contributed by atoms with Crippen molar-refractivity contribution in [3.8, 4) is 5.75 Å². The third-order valence-electron chi connectivity index (χ3n) is 2.87. The fourth-order valence-electron chi connectivity index (χ4n) is 1.92. The number of carboxylic acid groups (broad SMARTS) is 1. The van der Waals surface area contributed by atoms with Gasteiger partial charge in [0.2, 0.25) is 0 Å². The third kappa shape index (κ3) is 3.62. The smallest absolute Gasteiger partial charge is 0.358 e. The summed E-state index contributed by atoms with van der Waals surface area (Å²) in [6, 6.07) is 4.86. The quantitative estimate of drug-likeness (QED) is 0.843. The lowest BCUT2D eigenvalue weighted by atomic mass is 10.2. The normalized spacial score (nSPS) is 10.3. The number of hydrogen-bond acceptors (Lipinski definition) is 6. The van der Waals surface area contributed by atoms with E-state index in [0.29, 0.717) is 11.6 Å². The van der Waals surface area contributed by atoms with Crippen LogP contribution in [0.15, 0.2) is 18.2 Å². The number of carbonyl (C=O) groups is 1. The summed E-state index contributed by atoms with van der Waals surface area (Å²) in [6.45, 7) is 2.04. The maximum Gasteiger partial charge on any atom is 0.358 e. The van der Waals surface area contributed by atoms with Crippen LogP contribution in [0.3, 0.4) is 0 Å². The van der Waals surface area contributed by atoms with Gasteiger partial charge in [-0.2, -0.15) is 0 Å². The summed E-state index contributed by atoms with van der Waals surface area (Å²) in [6.07, 6.45) is 1.66. The molecule has 116 valence electrons. The molecule has 2 aromatic heterocycles. The zero-order valence-corrected chi connectivity index (χ0v) is 12.9. The highest BCUT2D eigenvalue weighted by Gasteiger charge is 2.15. The Kier molecular flexibility index (Phi) is 5.11. The fraction of sp³-hybridized carbons (Fsp3) is 0.286. The van der Waals surface area contributed by atoms with E-state index in [4.69, 9.17) is 21.4 Å². The zero-order valence-electron chi connectivity index (χ0n) is 12.1. The van der Waals surface area contributed by atoms with Crippen molar-refractivity contribution < 1.29 is 14.6 Å². The molecule has 22 heavy (non-hydrogen) atoms. The number of aromatic nitrogens is 3. The molecular formula is C14H15ClN4O3. The number of nitrogens with one attached hydrogen (secondary N) is 1. The molecule has 0 saturated heterocycles. The number of pyridine rings is 1. The molecule has 0 aliphatic rings. The standard InChI is InChI=1S/C14H15ClN4O3/c1-3-4-8-10(22-2)5-6-12(16-8)17-9-7-11(15)18-19-13(9)14(20)21/h5-7H,3-4H2,1-2H3,(H,20,21)(H,16,17,18). The highest BCUT2D eigenvalue weighted by molar-refractivity contribution is 6.29. The van der Waals surface area contributed by atoms with Gasteiger partial charge in [-0.1, -0.05) is 24.9 Å². The minimum Gasteiger partial charge on any atom is -0.495 e. The van der Waals surface area contributed by atoms with Crippen LogP contribution in [-0.4, -0.2) is 33.4 Å². The van der Waals surface area contributed by atoms with Crippen molar-refractivity contribution in [3.63, 3.8) is 0 Å². The van der Waals surface area contributed by atoms with Crippen LogP contribution in [0, 0.1) is 0 Å². The van der Waals surface area contributed by atoms with Gasteiger partial charge < -0.3 is 15.2 Å². The van der Waals surface area contributed by atoms with Gasteiger partial charge in [-0.3, -0.25) is 0 Å². The van der Waals surface area contributed by atoms with E-state index in [1.165, 1.54) is 6.07 Å². The summed E-state index contributed by atoms with van der Waals surface area (Å²) in [5.74, 6) is -0.0264. The van der Waals surface area contributed by atoms with E-state index in [1.807, 2.05) is 6.92 Å². The maximum absolute atomic E-state index is 11.2. The van der Waals surface area contributed by atoms with E-state index >= 15 is 0 Å². The maximum atomic E-state index is 11.2. The number of halogens is 1. The number of methoxy groups -OCH3 is 1. The van der Waals surface area contributed by atoms with Crippen molar-refractivity contribution >= 4 is 29.1 Å². The van der Waals surface area contributed by atoms with Gasteiger partial charge in [0.1, 0.15) is 11.6 Å². The van der Waals surface area contributed by atoms with Crippen LogP contribution in [0.25, 0.3) is 0 Å². The average Bonchev–Trinajstić information content (AvgIpc) is 2.47. The molecule has 2 heterocycles. The lowest BCUT2D eigenvalue weighted by Gasteiger charge is -2.11. The predicted octanol–water partition coefficient (Wildman–Crippen LogP) is 2.93. The summed E-state index contributed by atoms with van der Waals surface area (Å²) in [4.78, 5) is 15.6. The Hall–Kier alpha value is -2.41. The molecule has 2 rings (SSSR count). The Morgan fingerprint density at radius 1 is 1.41 bits per heavy atom. The first-order valence-corrected chi connectivity index (χ1v) is 7.00. The minimum atomic E-state index is -1.20. The number of aryl methyl sites for hydroxylation is 1. The number of aromatic carboxylic acids is 1. The molecule has 0 saturated carbocycles. The molecule has 0 spiro atoms. The van der Waals surface area contributed by atoms with Crippen molar-refractivity contribution in [2.24, 2.45) is 0 Å². The van der Waals surface area contributed by atoms with Gasteiger partial charge in [0.05, 0.1) is 18.5 Å². The monoisotopic (exact) mass is 322 g/mol. The fourth-order valence-corrected chi connectivity index (χ4v) is 2.07. The molecule has 0 aromatic carbocycles. The minimum absolute atomic E-state index is 0.0924. The van der Waals surface area contributed by atoms with Crippen molar-refractivity contribution in [2.45, 2.75) is 19.8 Å². The SMILES string of the molecule is CCCc1nc(Nc2cc(Cl)nnc2C(=O)O)ccc1OC.